The highest BCUT2D eigenvalue weighted by atomic mass is 16.5. The second kappa shape index (κ2) is 6.91. The zero-order valence-corrected chi connectivity index (χ0v) is 12.8. The number of rotatable bonds is 5. The van der Waals surface area contributed by atoms with E-state index in [1.165, 1.54) is 0 Å². The molecule has 0 aromatic heterocycles. The monoisotopic (exact) mass is 292 g/mol. The number of amides is 1. The number of benzene rings is 1. The molecule has 0 unspecified atom stereocenters. The fourth-order valence-electron chi connectivity index (χ4n) is 2.55. The maximum absolute atomic E-state index is 12.7. The number of nitrogens with two attached hydrogens (primary N) is 1. The largest absolute Gasteiger partial charge is 0.492 e. The summed E-state index contributed by atoms with van der Waals surface area (Å²) in [5, 5.41) is 2.98. The Hall–Kier alpha value is -1.59. The molecule has 1 fully saturated rings. The van der Waals surface area contributed by atoms with Gasteiger partial charge in [0, 0.05) is 19.8 Å². The Kier molecular flexibility index (Phi) is 5.20. The first-order chi connectivity index (χ1) is 10.1. The van der Waals surface area contributed by atoms with Gasteiger partial charge in [-0.25, -0.2) is 0 Å². The minimum atomic E-state index is -0.535. The van der Waals surface area contributed by atoms with Gasteiger partial charge in [-0.05, 0) is 44.4 Å². The molecule has 3 N–H and O–H groups in total. The summed E-state index contributed by atoms with van der Waals surface area (Å²) in [5.41, 5.74) is 7.13. The van der Waals surface area contributed by atoms with Crippen LogP contribution in [0.4, 0.5) is 5.69 Å². The van der Waals surface area contributed by atoms with Crippen molar-refractivity contribution in [1.29, 1.82) is 0 Å². The van der Waals surface area contributed by atoms with Crippen molar-refractivity contribution in [3.05, 3.63) is 23.8 Å². The van der Waals surface area contributed by atoms with E-state index in [2.05, 4.69) is 5.32 Å². The normalized spacial score (nSPS) is 17.3. The van der Waals surface area contributed by atoms with Crippen LogP contribution in [0.2, 0.25) is 0 Å². The van der Waals surface area contributed by atoms with E-state index in [1.807, 2.05) is 32.0 Å². The molecule has 0 saturated carbocycles. The van der Waals surface area contributed by atoms with E-state index in [4.69, 9.17) is 15.2 Å². The molecule has 0 bridgehead atoms. The number of ether oxygens (including phenoxy) is 2. The highest BCUT2D eigenvalue weighted by Gasteiger charge is 2.39. The topological polar surface area (TPSA) is 73.6 Å². The molecule has 5 nitrogen and oxygen atoms in total. The molecule has 0 radical (unpaired) electrons. The Morgan fingerprint density at radius 1 is 1.43 bits per heavy atom. The lowest BCUT2D eigenvalue weighted by molar-refractivity contribution is -0.130. The van der Waals surface area contributed by atoms with Crippen molar-refractivity contribution in [2.75, 3.05) is 31.7 Å². The maximum atomic E-state index is 12.7. The van der Waals surface area contributed by atoms with Crippen LogP contribution >= 0.6 is 0 Å². The molecule has 0 aliphatic carbocycles. The summed E-state index contributed by atoms with van der Waals surface area (Å²) in [4.78, 5) is 12.7. The van der Waals surface area contributed by atoms with E-state index in [9.17, 15) is 4.79 Å². The van der Waals surface area contributed by atoms with Crippen LogP contribution in [0, 0.1) is 12.3 Å². The number of carbonyl (C=O) groups is 1. The van der Waals surface area contributed by atoms with Gasteiger partial charge in [0.2, 0.25) is 5.91 Å². The van der Waals surface area contributed by atoms with Crippen LogP contribution in [-0.2, 0) is 9.53 Å². The number of anilines is 1. The molecule has 0 spiro atoms. The van der Waals surface area contributed by atoms with Crippen molar-refractivity contribution in [3.8, 4) is 5.75 Å². The second-order valence-corrected chi connectivity index (χ2v) is 5.48. The highest BCUT2D eigenvalue weighted by Crippen LogP contribution is 2.33. The van der Waals surface area contributed by atoms with Crippen molar-refractivity contribution in [2.24, 2.45) is 11.1 Å². The van der Waals surface area contributed by atoms with Crippen molar-refractivity contribution in [2.45, 2.75) is 26.7 Å². The summed E-state index contributed by atoms with van der Waals surface area (Å²) in [6.45, 7) is 5.97. The number of hydrogen-bond donors (Lipinski definition) is 2. The third-order valence-electron chi connectivity index (χ3n) is 4.01. The van der Waals surface area contributed by atoms with Gasteiger partial charge in [-0.3, -0.25) is 4.79 Å². The SMILES string of the molecule is CCOc1cc(C)ccc1NC(=O)C1(CN)CCOCC1. The number of hydrogen-bond acceptors (Lipinski definition) is 4. The molecular weight excluding hydrogens is 268 g/mol. The summed E-state index contributed by atoms with van der Waals surface area (Å²) < 4.78 is 10.9. The Labute approximate surface area is 125 Å². The quantitative estimate of drug-likeness (QED) is 0.871. The Balaban J connectivity index is 2.18. The lowest BCUT2D eigenvalue weighted by Gasteiger charge is -2.34. The van der Waals surface area contributed by atoms with Crippen LogP contribution in [0.3, 0.4) is 0 Å². The first-order valence-corrected chi connectivity index (χ1v) is 7.44. The third kappa shape index (κ3) is 3.54. The first-order valence-electron chi connectivity index (χ1n) is 7.44. The van der Waals surface area contributed by atoms with E-state index in [0.29, 0.717) is 50.6 Å². The number of aryl methyl sites for hydroxylation is 1. The van der Waals surface area contributed by atoms with Gasteiger partial charge in [0.05, 0.1) is 17.7 Å². The summed E-state index contributed by atoms with van der Waals surface area (Å²) in [7, 11) is 0. The molecular formula is C16H24N2O3. The van der Waals surface area contributed by atoms with Gasteiger partial charge in [-0.15, -0.1) is 0 Å². The van der Waals surface area contributed by atoms with Crippen molar-refractivity contribution >= 4 is 11.6 Å². The standard InChI is InChI=1S/C16H24N2O3/c1-3-21-14-10-12(2)4-5-13(14)18-15(19)16(11-17)6-8-20-9-7-16/h4-5,10H,3,6-9,11,17H2,1-2H3,(H,18,19). The van der Waals surface area contributed by atoms with Crippen LogP contribution in [-0.4, -0.2) is 32.3 Å². The first kappa shape index (κ1) is 15.8. The third-order valence-corrected chi connectivity index (χ3v) is 4.01. The van der Waals surface area contributed by atoms with Gasteiger partial charge in [0.25, 0.3) is 0 Å². The molecule has 1 heterocycles. The predicted molar refractivity (Wildman–Crippen MR) is 82.5 cm³/mol. The zero-order chi connectivity index (χ0) is 15.3. The lowest BCUT2D eigenvalue weighted by atomic mass is 9.79. The average molecular weight is 292 g/mol. The van der Waals surface area contributed by atoms with E-state index < -0.39 is 5.41 Å². The predicted octanol–water partition coefficient (Wildman–Crippen LogP) is 2.09. The average Bonchev–Trinajstić information content (AvgIpc) is 2.51. The van der Waals surface area contributed by atoms with Gasteiger partial charge in [-0.1, -0.05) is 6.07 Å². The van der Waals surface area contributed by atoms with Crippen molar-refractivity contribution < 1.29 is 14.3 Å². The van der Waals surface area contributed by atoms with E-state index in [1.54, 1.807) is 0 Å². The lowest BCUT2D eigenvalue weighted by Crippen LogP contribution is -2.46. The summed E-state index contributed by atoms with van der Waals surface area (Å²) >= 11 is 0. The Morgan fingerprint density at radius 3 is 2.76 bits per heavy atom. The summed E-state index contributed by atoms with van der Waals surface area (Å²) in [6, 6.07) is 5.76. The molecule has 0 atom stereocenters. The molecule has 1 aliphatic rings. The smallest absolute Gasteiger partial charge is 0.232 e. The molecule has 1 aromatic carbocycles. The van der Waals surface area contributed by atoms with E-state index >= 15 is 0 Å². The molecule has 1 amide bonds. The van der Waals surface area contributed by atoms with Crippen molar-refractivity contribution in [3.63, 3.8) is 0 Å². The maximum Gasteiger partial charge on any atom is 0.232 e. The van der Waals surface area contributed by atoms with Gasteiger partial charge < -0.3 is 20.5 Å². The van der Waals surface area contributed by atoms with Crippen LogP contribution in [0.5, 0.6) is 5.75 Å². The van der Waals surface area contributed by atoms with Crippen molar-refractivity contribution in [1.82, 2.24) is 0 Å². The van der Waals surface area contributed by atoms with E-state index in [-0.39, 0.29) is 5.91 Å². The number of carbonyl (C=O) groups excluding carboxylic acids is 1. The minimum Gasteiger partial charge on any atom is -0.492 e. The fourth-order valence-corrected chi connectivity index (χ4v) is 2.55. The van der Waals surface area contributed by atoms with Gasteiger partial charge in [0.1, 0.15) is 5.75 Å². The molecule has 1 aliphatic heterocycles. The molecule has 1 aromatic rings. The molecule has 2 rings (SSSR count). The fraction of sp³-hybridized carbons (Fsp3) is 0.562. The Bertz CT molecular complexity index is 496. The minimum absolute atomic E-state index is 0.0434. The Morgan fingerprint density at radius 2 is 2.14 bits per heavy atom. The summed E-state index contributed by atoms with van der Waals surface area (Å²) in [6.07, 6.45) is 1.32. The van der Waals surface area contributed by atoms with E-state index in [0.717, 1.165) is 5.56 Å². The van der Waals surface area contributed by atoms with Crippen LogP contribution < -0.4 is 15.8 Å². The molecule has 116 valence electrons. The highest BCUT2D eigenvalue weighted by molar-refractivity contribution is 5.96. The van der Waals surface area contributed by atoms with Gasteiger partial charge in [-0.2, -0.15) is 0 Å². The van der Waals surface area contributed by atoms with Crippen LogP contribution in [0.1, 0.15) is 25.3 Å². The van der Waals surface area contributed by atoms with Gasteiger partial charge >= 0.3 is 0 Å². The number of nitrogens with one attached hydrogen (secondary N) is 1. The van der Waals surface area contributed by atoms with Crippen LogP contribution in [0.15, 0.2) is 18.2 Å². The van der Waals surface area contributed by atoms with Crippen LogP contribution in [0.25, 0.3) is 0 Å². The summed E-state index contributed by atoms with van der Waals surface area (Å²) in [5.74, 6) is 0.656. The zero-order valence-electron chi connectivity index (χ0n) is 12.8. The second-order valence-electron chi connectivity index (χ2n) is 5.48. The molecule has 5 heteroatoms. The molecule has 21 heavy (non-hydrogen) atoms. The molecule has 1 saturated heterocycles. The van der Waals surface area contributed by atoms with Gasteiger partial charge in [0.15, 0.2) is 0 Å².